The van der Waals surface area contributed by atoms with Crippen molar-refractivity contribution in [3.05, 3.63) is 35.9 Å². The van der Waals surface area contributed by atoms with E-state index in [0.717, 1.165) is 17.1 Å². The Bertz CT molecular complexity index is 425. The highest BCUT2D eigenvalue weighted by Crippen LogP contribution is 2.38. The van der Waals surface area contributed by atoms with E-state index in [2.05, 4.69) is 13.8 Å². The highest BCUT2D eigenvalue weighted by molar-refractivity contribution is 8.17. The molecule has 1 heterocycles. The Labute approximate surface area is 140 Å². The minimum Gasteiger partial charge on any atom is -0.394 e. The molecule has 1 aromatic rings. The van der Waals surface area contributed by atoms with Gasteiger partial charge in [0.2, 0.25) is 0 Å². The molecule has 1 aromatic carbocycles. The van der Waals surface area contributed by atoms with E-state index < -0.39 is 18.5 Å². The molecule has 0 saturated carbocycles. The second-order valence-electron chi connectivity index (χ2n) is 4.97. The van der Waals surface area contributed by atoms with E-state index in [0.29, 0.717) is 0 Å². The van der Waals surface area contributed by atoms with E-state index in [4.69, 9.17) is 9.47 Å². The van der Waals surface area contributed by atoms with Gasteiger partial charge in [0.1, 0.15) is 18.3 Å². The summed E-state index contributed by atoms with van der Waals surface area (Å²) in [4.78, 5) is 0. The zero-order valence-electron chi connectivity index (χ0n) is 12.9. The highest BCUT2D eigenvalue weighted by Gasteiger charge is 2.42. The van der Waals surface area contributed by atoms with Crippen molar-refractivity contribution in [3.8, 4) is 0 Å². The third-order valence-electron chi connectivity index (χ3n) is 3.48. The van der Waals surface area contributed by atoms with Crippen LogP contribution in [0.15, 0.2) is 30.3 Å². The number of benzene rings is 1. The minimum absolute atomic E-state index is 0.120. The SMILES string of the molecule is CCSC(SCC)C1OC(c2ccccc2)OC(CO)C1O. The van der Waals surface area contributed by atoms with Crippen LogP contribution in [-0.4, -0.2) is 51.2 Å². The smallest absolute Gasteiger partial charge is 0.184 e. The van der Waals surface area contributed by atoms with Gasteiger partial charge in [0.25, 0.3) is 0 Å². The molecule has 2 rings (SSSR count). The van der Waals surface area contributed by atoms with Gasteiger partial charge < -0.3 is 19.7 Å². The largest absolute Gasteiger partial charge is 0.394 e. The fourth-order valence-corrected chi connectivity index (χ4v) is 5.10. The number of hydrogen-bond donors (Lipinski definition) is 2. The van der Waals surface area contributed by atoms with E-state index in [1.165, 1.54) is 0 Å². The van der Waals surface area contributed by atoms with Gasteiger partial charge in [0.05, 0.1) is 11.2 Å². The molecule has 0 aliphatic carbocycles. The summed E-state index contributed by atoms with van der Waals surface area (Å²) in [6, 6.07) is 9.65. The Balaban J connectivity index is 2.19. The van der Waals surface area contributed by atoms with Crippen LogP contribution in [0.5, 0.6) is 0 Å². The fraction of sp³-hybridized carbons (Fsp3) is 0.625. The first-order chi connectivity index (χ1) is 10.7. The van der Waals surface area contributed by atoms with Gasteiger partial charge in [-0.05, 0) is 11.5 Å². The van der Waals surface area contributed by atoms with Gasteiger partial charge in [-0.1, -0.05) is 44.2 Å². The molecule has 6 heteroatoms. The van der Waals surface area contributed by atoms with Crippen molar-refractivity contribution in [2.24, 2.45) is 0 Å². The van der Waals surface area contributed by atoms with E-state index in [1.54, 1.807) is 23.5 Å². The maximum Gasteiger partial charge on any atom is 0.184 e. The molecule has 0 spiro atoms. The van der Waals surface area contributed by atoms with Crippen molar-refractivity contribution in [2.75, 3.05) is 18.1 Å². The number of ether oxygens (including phenoxy) is 2. The third kappa shape index (κ3) is 4.40. The molecule has 22 heavy (non-hydrogen) atoms. The number of aliphatic hydroxyl groups is 2. The molecule has 1 aliphatic heterocycles. The third-order valence-corrected chi connectivity index (χ3v) is 6.16. The number of rotatable bonds is 7. The predicted octanol–water partition coefficient (Wildman–Crippen LogP) is 2.65. The van der Waals surface area contributed by atoms with Crippen molar-refractivity contribution in [1.82, 2.24) is 0 Å². The standard InChI is InChI=1S/C16H24O4S2/c1-3-21-16(22-4-2)14-13(18)12(10-17)19-15(20-14)11-8-6-5-7-9-11/h5-9,12-18H,3-4,10H2,1-2H3. The quantitative estimate of drug-likeness (QED) is 0.742. The molecule has 1 saturated heterocycles. The summed E-state index contributed by atoms with van der Waals surface area (Å²) in [6.07, 6.45) is -2.37. The normalized spacial score (nSPS) is 29.0. The van der Waals surface area contributed by atoms with Gasteiger partial charge in [-0.25, -0.2) is 0 Å². The Hall–Kier alpha value is -0.240. The Morgan fingerprint density at radius 3 is 2.27 bits per heavy atom. The number of hydrogen-bond acceptors (Lipinski definition) is 6. The lowest BCUT2D eigenvalue weighted by Gasteiger charge is -2.41. The second kappa shape index (κ2) is 9.15. The summed E-state index contributed by atoms with van der Waals surface area (Å²) < 4.78 is 11.9. The van der Waals surface area contributed by atoms with Gasteiger partial charge in [0, 0.05) is 5.56 Å². The van der Waals surface area contributed by atoms with Crippen LogP contribution >= 0.6 is 23.5 Å². The Morgan fingerprint density at radius 2 is 1.73 bits per heavy atom. The Kier molecular flexibility index (Phi) is 7.53. The molecule has 0 amide bonds. The Morgan fingerprint density at radius 1 is 1.09 bits per heavy atom. The average Bonchev–Trinajstić information content (AvgIpc) is 2.56. The van der Waals surface area contributed by atoms with Crippen LogP contribution in [0.3, 0.4) is 0 Å². The zero-order valence-corrected chi connectivity index (χ0v) is 14.6. The molecule has 0 aromatic heterocycles. The average molecular weight is 344 g/mol. The van der Waals surface area contributed by atoms with E-state index in [9.17, 15) is 10.2 Å². The van der Waals surface area contributed by atoms with Gasteiger partial charge in [-0.15, -0.1) is 23.5 Å². The maximum atomic E-state index is 10.5. The molecule has 4 atom stereocenters. The molecule has 124 valence electrons. The summed E-state index contributed by atoms with van der Waals surface area (Å²) in [5.74, 6) is 1.90. The molecule has 4 unspecified atom stereocenters. The molecular weight excluding hydrogens is 320 g/mol. The predicted molar refractivity (Wildman–Crippen MR) is 92.1 cm³/mol. The fourth-order valence-electron chi connectivity index (χ4n) is 2.42. The summed E-state index contributed by atoms with van der Waals surface area (Å²) in [5, 5.41) is 20.0. The first kappa shape index (κ1) is 18.1. The lowest BCUT2D eigenvalue weighted by molar-refractivity contribution is -0.290. The molecule has 4 nitrogen and oxygen atoms in total. The van der Waals surface area contributed by atoms with Gasteiger partial charge >= 0.3 is 0 Å². The summed E-state index contributed by atoms with van der Waals surface area (Å²) in [6.45, 7) is 3.97. The maximum absolute atomic E-state index is 10.5. The van der Waals surface area contributed by atoms with Crippen LogP contribution in [0.4, 0.5) is 0 Å². The van der Waals surface area contributed by atoms with Gasteiger partial charge in [0.15, 0.2) is 6.29 Å². The van der Waals surface area contributed by atoms with Crippen LogP contribution < -0.4 is 0 Å². The van der Waals surface area contributed by atoms with Crippen molar-refractivity contribution in [1.29, 1.82) is 0 Å². The van der Waals surface area contributed by atoms with Gasteiger partial charge in [-0.2, -0.15) is 0 Å². The number of thioether (sulfide) groups is 2. The van der Waals surface area contributed by atoms with Crippen molar-refractivity contribution < 1.29 is 19.7 Å². The highest BCUT2D eigenvalue weighted by atomic mass is 32.2. The zero-order chi connectivity index (χ0) is 15.9. The van der Waals surface area contributed by atoms with Crippen LogP contribution in [0.25, 0.3) is 0 Å². The monoisotopic (exact) mass is 344 g/mol. The molecule has 2 N–H and O–H groups in total. The first-order valence-electron chi connectivity index (χ1n) is 7.59. The van der Waals surface area contributed by atoms with E-state index >= 15 is 0 Å². The summed E-state index contributed by atoms with van der Waals surface area (Å²) in [5.41, 5.74) is 0.902. The van der Waals surface area contributed by atoms with E-state index in [1.807, 2.05) is 30.3 Å². The van der Waals surface area contributed by atoms with Crippen LogP contribution in [0.2, 0.25) is 0 Å². The second-order valence-corrected chi connectivity index (χ2v) is 8.11. The minimum atomic E-state index is -0.826. The van der Waals surface area contributed by atoms with Gasteiger partial charge in [-0.3, -0.25) is 0 Å². The topological polar surface area (TPSA) is 58.9 Å². The van der Waals surface area contributed by atoms with Crippen LogP contribution in [0.1, 0.15) is 25.7 Å². The molecule has 0 bridgehead atoms. The van der Waals surface area contributed by atoms with Crippen molar-refractivity contribution >= 4 is 23.5 Å². The molecular formula is C16H24O4S2. The lowest BCUT2D eigenvalue weighted by Crippen LogP contribution is -2.52. The van der Waals surface area contributed by atoms with Crippen LogP contribution in [-0.2, 0) is 9.47 Å². The summed E-state index contributed by atoms with van der Waals surface area (Å²) in [7, 11) is 0. The van der Waals surface area contributed by atoms with Crippen molar-refractivity contribution in [2.45, 2.75) is 43.0 Å². The van der Waals surface area contributed by atoms with Crippen molar-refractivity contribution in [3.63, 3.8) is 0 Å². The number of aliphatic hydroxyl groups excluding tert-OH is 2. The molecule has 1 aliphatic rings. The molecule has 1 fully saturated rings. The first-order valence-corrected chi connectivity index (χ1v) is 9.69. The van der Waals surface area contributed by atoms with E-state index in [-0.39, 0.29) is 17.3 Å². The summed E-state index contributed by atoms with van der Waals surface area (Å²) >= 11 is 3.52. The van der Waals surface area contributed by atoms with Crippen LogP contribution in [0, 0.1) is 0 Å². The molecule has 0 radical (unpaired) electrons. The lowest BCUT2D eigenvalue weighted by atomic mass is 10.1.